The van der Waals surface area contributed by atoms with Crippen molar-refractivity contribution < 1.29 is 8.42 Å². The van der Waals surface area contributed by atoms with E-state index in [9.17, 15) is 8.42 Å². The largest absolute Gasteiger partial charge is 0.398 e. The van der Waals surface area contributed by atoms with E-state index in [1.165, 1.54) is 8.61 Å². The second-order valence-electron chi connectivity index (χ2n) is 4.19. The third kappa shape index (κ3) is 2.47. The zero-order chi connectivity index (χ0) is 13.3. The van der Waals surface area contributed by atoms with E-state index in [0.717, 1.165) is 5.56 Å². The topological polar surface area (TPSA) is 66.6 Å². The Balaban J connectivity index is 2.18. The Labute approximate surface area is 112 Å². The first-order valence-electron chi connectivity index (χ1n) is 5.74. The molecule has 1 fully saturated rings. The maximum Gasteiger partial charge on any atom is 0.282 e. The van der Waals surface area contributed by atoms with Gasteiger partial charge in [0.2, 0.25) is 0 Å². The minimum atomic E-state index is -3.31. The van der Waals surface area contributed by atoms with Crippen molar-refractivity contribution >= 4 is 27.5 Å². The predicted molar refractivity (Wildman–Crippen MR) is 72.4 cm³/mol. The van der Waals surface area contributed by atoms with Crippen molar-refractivity contribution in [2.45, 2.75) is 13.5 Å². The molecule has 100 valence electrons. The van der Waals surface area contributed by atoms with Crippen LogP contribution >= 0.6 is 11.6 Å². The summed E-state index contributed by atoms with van der Waals surface area (Å²) < 4.78 is 27.1. The predicted octanol–water partition coefficient (Wildman–Crippen LogP) is 1.30. The number of rotatable bonds is 3. The fraction of sp³-hybridized carbons (Fsp3) is 0.455. The van der Waals surface area contributed by atoms with Gasteiger partial charge in [0.05, 0.1) is 10.7 Å². The molecule has 1 aromatic carbocycles. The van der Waals surface area contributed by atoms with E-state index < -0.39 is 10.2 Å². The summed E-state index contributed by atoms with van der Waals surface area (Å²) in [6.45, 7) is 3.73. The van der Waals surface area contributed by atoms with Crippen LogP contribution < -0.4 is 5.73 Å². The maximum atomic E-state index is 12.1. The van der Waals surface area contributed by atoms with Crippen molar-refractivity contribution in [1.29, 1.82) is 0 Å². The molecular weight excluding hydrogens is 274 g/mol. The third-order valence-corrected chi connectivity index (χ3v) is 5.43. The lowest BCUT2D eigenvalue weighted by Gasteiger charge is -2.17. The SMILES string of the molecule is CCN1CCN(Cc2ccc(Cl)c(N)c2)S1(=O)=O. The number of hydrogen-bond donors (Lipinski definition) is 1. The molecule has 0 aromatic heterocycles. The van der Waals surface area contributed by atoms with Gasteiger partial charge in [-0.3, -0.25) is 0 Å². The van der Waals surface area contributed by atoms with Crippen LogP contribution in [0.3, 0.4) is 0 Å². The number of nitrogen functional groups attached to an aromatic ring is 1. The molecule has 0 amide bonds. The van der Waals surface area contributed by atoms with Gasteiger partial charge in [-0.2, -0.15) is 17.0 Å². The van der Waals surface area contributed by atoms with Crippen molar-refractivity contribution in [2.75, 3.05) is 25.4 Å². The summed E-state index contributed by atoms with van der Waals surface area (Å²) >= 11 is 5.83. The van der Waals surface area contributed by atoms with Gasteiger partial charge in [-0.15, -0.1) is 0 Å². The van der Waals surface area contributed by atoms with Crippen LogP contribution in [-0.2, 0) is 16.8 Å². The van der Waals surface area contributed by atoms with Gasteiger partial charge < -0.3 is 5.73 Å². The summed E-state index contributed by atoms with van der Waals surface area (Å²) in [4.78, 5) is 0. The van der Waals surface area contributed by atoms with Crippen LogP contribution in [0.1, 0.15) is 12.5 Å². The Morgan fingerprint density at radius 1 is 1.33 bits per heavy atom. The first kappa shape index (κ1) is 13.6. The zero-order valence-corrected chi connectivity index (χ0v) is 11.7. The summed E-state index contributed by atoms with van der Waals surface area (Å²) in [6.07, 6.45) is 0. The number of halogens is 1. The van der Waals surface area contributed by atoms with Crippen molar-refractivity contribution in [3.05, 3.63) is 28.8 Å². The van der Waals surface area contributed by atoms with E-state index in [1.54, 1.807) is 18.2 Å². The quantitative estimate of drug-likeness (QED) is 0.853. The average molecular weight is 290 g/mol. The molecule has 0 bridgehead atoms. The maximum absolute atomic E-state index is 12.1. The lowest BCUT2D eigenvalue weighted by Crippen LogP contribution is -2.32. The van der Waals surface area contributed by atoms with Gasteiger partial charge in [-0.25, -0.2) is 0 Å². The van der Waals surface area contributed by atoms with E-state index in [-0.39, 0.29) is 0 Å². The highest BCUT2D eigenvalue weighted by Crippen LogP contribution is 2.23. The van der Waals surface area contributed by atoms with Crippen LogP contribution in [-0.4, -0.2) is 36.7 Å². The highest BCUT2D eigenvalue weighted by molar-refractivity contribution is 7.87. The standard InChI is InChI=1S/C11H16ClN3O2S/c1-2-14-5-6-15(18(14,16)17)8-9-3-4-10(12)11(13)7-9/h3-4,7H,2,5-6,8,13H2,1H3. The lowest BCUT2D eigenvalue weighted by molar-refractivity contribution is 0.443. The monoisotopic (exact) mass is 289 g/mol. The Morgan fingerprint density at radius 3 is 2.56 bits per heavy atom. The molecule has 0 aliphatic carbocycles. The van der Waals surface area contributed by atoms with Crippen LogP contribution in [0.4, 0.5) is 5.69 Å². The third-order valence-electron chi connectivity index (χ3n) is 3.02. The highest BCUT2D eigenvalue weighted by Gasteiger charge is 2.35. The first-order chi connectivity index (χ1) is 8.45. The van der Waals surface area contributed by atoms with E-state index in [0.29, 0.717) is 36.9 Å². The van der Waals surface area contributed by atoms with E-state index in [2.05, 4.69) is 0 Å². The molecule has 1 saturated heterocycles. The summed E-state index contributed by atoms with van der Waals surface area (Å²) in [5.41, 5.74) is 7.02. The fourth-order valence-corrected chi connectivity index (χ4v) is 3.70. The molecule has 2 N–H and O–H groups in total. The molecule has 1 heterocycles. The number of nitrogens with zero attached hydrogens (tertiary/aromatic N) is 2. The van der Waals surface area contributed by atoms with Gasteiger partial charge in [0.1, 0.15) is 0 Å². The van der Waals surface area contributed by atoms with Gasteiger partial charge in [0.15, 0.2) is 0 Å². The van der Waals surface area contributed by atoms with Crippen molar-refractivity contribution in [3.63, 3.8) is 0 Å². The van der Waals surface area contributed by atoms with Crippen LogP contribution in [0.2, 0.25) is 5.02 Å². The van der Waals surface area contributed by atoms with Crippen LogP contribution in [0.15, 0.2) is 18.2 Å². The Hall–Kier alpha value is -0.820. The number of benzene rings is 1. The molecule has 1 aliphatic heterocycles. The summed E-state index contributed by atoms with van der Waals surface area (Å²) in [5.74, 6) is 0. The molecule has 0 radical (unpaired) electrons. The van der Waals surface area contributed by atoms with Crippen molar-refractivity contribution in [3.8, 4) is 0 Å². The minimum absolute atomic E-state index is 0.334. The Kier molecular flexibility index (Phi) is 3.82. The molecule has 1 aliphatic rings. The van der Waals surface area contributed by atoms with Gasteiger partial charge in [-0.1, -0.05) is 24.6 Å². The summed E-state index contributed by atoms with van der Waals surface area (Å²) in [5, 5.41) is 0.484. The van der Waals surface area contributed by atoms with E-state index in [1.807, 2.05) is 6.92 Å². The molecule has 7 heteroatoms. The molecule has 0 spiro atoms. The molecule has 0 atom stereocenters. The van der Waals surface area contributed by atoms with E-state index in [4.69, 9.17) is 17.3 Å². The molecular formula is C11H16ClN3O2S. The molecule has 5 nitrogen and oxygen atoms in total. The van der Waals surface area contributed by atoms with E-state index >= 15 is 0 Å². The van der Waals surface area contributed by atoms with Gasteiger partial charge in [-0.05, 0) is 17.7 Å². The summed E-state index contributed by atoms with van der Waals surface area (Å²) in [7, 11) is -3.31. The molecule has 0 unspecified atom stereocenters. The smallest absolute Gasteiger partial charge is 0.282 e. The highest BCUT2D eigenvalue weighted by atomic mass is 35.5. The van der Waals surface area contributed by atoms with Crippen molar-refractivity contribution in [2.24, 2.45) is 0 Å². The van der Waals surface area contributed by atoms with Crippen LogP contribution in [0.5, 0.6) is 0 Å². The second-order valence-corrected chi connectivity index (χ2v) is 6.52. The number of anilines is 1. The Morgan fingerprint density at radius 2 is 2.00 bits per heavy atom. The minimum Gasteiger partial charge on any atom is -0.398 e. The molecule has 1 aromatic rings. The number of hydrogen-bond acceptors (Lipinski definition) is 3. The van der Waals surface area contributed by atoms with Crippen LogP contribution in [0, 0.1) is 0 Å². The normalized spacial score (nSPS) is 20.3. The molecule has 18 heavy (non-hydrogen) atoms. The molecule has 2 rings (SSSR count). The second kappa shape index (κ2) is 5.05. The summed E-state index contributed by atoms with van der Waals surface area (Å²) in [6, 6.07) is 5.20. The van der Waals surface area contributed by atoms with Crippen molar-refractivity contribution in [1.82, 2.24) is 8.61 Å². The fourth-order valence-electron chi connectivity index (χ4n) is 1.99. The number of nitrogens with two attached hydrogens (primary N) is 1. The van der Waals surface area contributed by atoms with Gasteiger partial charge in [0.25, 0.3) is 10.2 Å². The average Bonchev–Trinajstić information content (AvgIpc) is 2.59. The molecule has 0 saturated carbocycles. The Bertz CT molecular complexity index is 547. The van der Waals surface area contributed by atoms with Gasteiger partial charge >= 0.3 is 0 Å². The first-order valence-corrected chi connectivity index (χ1v) is 7.51. The number of likely N-dealkylation sites (N-methyl/N-ethyl adjacent to an activating group) is 1. The van der Waals surface area contributed by atoms with Gasteiger partial charge in [0, 0.05) is 26.2 Å². The zero-order valence-electron chi connectivity index (χ0n) is 10.1. The van der Waals surface area contributed by atoms with Crippen LogP contribution in [0.25, 0.3) is 0 Å². The lowest BCUT2D eigenvalue weighted by atomic mass is 10.2.